The third-order valence-electron chi connectivity index (χ3n) is 2.10. The van der Waals surface area contributed by atoms with Crippen molar-refractivity contribution < 1.29 is 9.90 Å². The molecule has 3 heteroatoms. The standard InChI is InChI=1S/C11H13ClO2/c1-7-3-9(5-10(14)6-13)4-8(2)11(7)12/h3-4,6,10,14H,5H2,1-2H3/t10-/m1/s1. The van der Waals surface area contributed by atoms with E-state index in [9.17, 15) is 4.79 Å². The van der Waals surface area contributed by atoms with E-state index in [1.54, 1.807) is 0 Å². The summed E-state index contributed by atoms with van der Waals surface area (Å²) in [6.45, 7) is 3.82. The van der Waals surface area contributed by atoms with E-state index in [-0.39, 0.29) is 0 Å². The van der Waals surface area contributed by atoms with Crippen molar-refractivity contribution in [1.29, 1.82) is 0 Å². The van der Waals surface area contributed by atoms with E-state index in [0.717, 1.165) is 21.7 Å². The molecule has 2 nitrogen and oxygen atoms in total. The van der Waals surface area contributed by atoms with Crippen LogP contribution in [0.2, 0.25) is 5.02 Å². The molecule has 1 atom stereocenters. The summed E-state index contributed by atoms with van der Waals surface area (Å²) in [5.41, 5.74) is 2.88. The Morgan fingerprint density at radius 1 is 1.43 bits per heavy atom. The Labute approximate surface area is 88.5 Å². The summed E-state index contributed by atoms with van der Waals surface area (Å²) in [5.74, 6) is 0. The highest BCUT2D eigenvalue weighted by Gasteiger charge is 2.07. The third-order valence-corrected chi connectivity index (χ3v) is 2.69. The quantitative estimate of drug-likeness (QED) is 0.779. The van der Waals surface area contributed by atoms with Gasteiger partial charge in [0, 0.05) is 11.4 Å². The van der Waals surface area contributed by atoms with Crippen molar-refractivity contribution in [2.45, 2.75) is 26.4 Å². The molecular formula is C11H13ClO2. The Kier molecular flexibility index (Phi) is 3.67. The molecule has 1 aromatic carbocycles. The number of halogens is 1. The minimum Gasteiger partial charge on any atom is -0.385 e. The molecule has 0 radical (unpaired) electrons. The van der Waals surface area contributed by atoms with Crippen LogP contribution in [0.4, 0.5) is 0 Å². The number of aldehydes is 1. The monoisotopic (exact) mass is 212 g/mol. The van der Waals surface area contributed by atoms with Crippen molar-refractivity contribution in [3.05, 3.63) is 33.8 Å². The summed E-state index contributed by atoms with van der Waals surface area (Å²) in [6.07, 6.45) is -0.0308. The molecule has 0 fully saturated rings. The second-order valence-electron chi connectivity index (χ2n) is 3.45. The summed E-state index contributed by atoms with van der Waals surface area (Å²) in [6, 6.07) is 3.78. The first-order chi connectivity index (χ1) is 6.54. The molecule has 0 aliphatic heterocycles. The van der Waals surface area contributed by atoms with Crippen LogP contribution in [0, 0.1) is 13.8 Å². The van der Waals surface area contributed by atoms with Gasteiger partial charge >= 0.3 is 0 Å². The fraction of sp³-hybridized carbons (Fsp3) is 0.364. The zero-order chi connectivity index (χ0) is 10.7. The van der Waals surface area contributed by atoms with E-state index >= 15 is 0 Å². The van der Waals surface area contributed by atoms with Crippen molar-refractivity contribution in [2.24, 2.45) is 0 Å². The number of benzene rings is 1. The average Bonchev–Trinajstić information content (AvgIpc) is 2.14. The first-order valence-electron chi connectivity index (χ1n) is 4.43. The minimum absolute atomic E-state index is 0.350. The normalized spacial score (nSPS) is 12.6. The molecule has 0 aromatic heterocycles. The van der Waals surface area contributed by atoms with E-state index in [1.807, 2.05) is 26.0 Å². The highest BCUT2D eigenvalue weighted by atomic mass is 35.5. The van der Waals surface area contributed by atoms with Gasteiger partial charge in [-0.3, -0.25) is 0 Å². The van der Waals surface area contributed by atoms with Gasteiger partial charge in [0.15, 0.2) is 0 Å². The summed E-state index contributed by atoms with van der Waals surface area (Å²) >= 11 is 5.99. The fourth-order valence-electron chi connectivity index (χ4n) is 1.44. The molecule has 0 aliphatic rings. The molecule has 0 saturated carbocycles. The van der Waals surface area contributed by atoms with Gasteiger partial charge in [0.1, 0.15) is 12.4 Å². The van der Waals surface area contributed by atoms with E-state index in [0.29, 0.717) is 12.7 Å². The van der Waals surface area contributed by atoms with Crippen molar-refractivity contribution in [1.82, 2.24) is 0 Å². The van der Waals surface area contributed by atoms with E-state index in [1.165, 1.54) is 0 Å². The number of aliphatic hydroxyl groups excluding tert-OH is 1. The van der Waals surface area contributed by atoms with Gasteiger partial charge in [0.05, 0.1) is 0 Å². The lowest BCUT2D eigenvalue weighted by Crippen LogP contribution is -2.11. The molecule has 1 N–H and O–H groups in total. The van der Waals surface area contributed by atoms with Crippen molar-refractivity contribution in [2.75, 3.05) is 0 Å². The molecule has 0 unspecified atom stereocenters. The zero-order valence-electron chi connectivity index (χ0n) is 8.25. The number of aryl methyl sites for hydroxylation is 2. The second kappa shape index (κ2) is 4.58. The SMILES string of the molecule is Cc1cc(C[C@@H](O)C=O)cc(C)c1Cl. The van der Waals surface area contributed by atoms with Crippen LogP contribution in [0.3, 0.4) is 0 Å². The number of carbonyl (C=O) groups is 1. The van der Waals surface area contributed by atoms with Crippen LogP contribution in [0.15, 0.2) is 12.1 Å². The number of rotatable bonds is 3. The molecule has 14 heavy (non-hydrogen) atoms. The Morgan fingerprint density at radius 3 is 2.36 bits per heavy atom. The lowest BCUT2D eigenvalue weighted by Gasteiger charge is -2.08. The highest BCUT2D eigenvalue weighted by Crippen LogP contribution is 2.22. The maximum atomic E-state index is 10.3. The fourth-order valence-corrected chi connectivity index (χ4v) is 1.55. The lowest BCUT2D eigenvalue weighted by molar-refractivity contribution is -0.114. The maximum absolute atomic E-state index is 10.3. The molecule has 0 bridgehead atoms. The molecule has 1 aromatic rings. The number of aliphatic hydroxyl groups is 1. The van der Waals surface area contributed by atoms with Gasteiger partial charge in [-0.15, -0.1) is 0 Å². The van der Waals surface area contributed by atoms with Crippen molar-refractivity contribution >= 4 is 17.9 Å². The minimum atomic E-state index is -0.921. The van der Waals surface area contributed by atoms with Crippen LogP contribution in [0.1, 0.15) is 16.7 Å². The first-order valence-corrected chi connectivity index (χ1v) is 4.81. The molecule has 76 valence electrons. The molecule has 0 saturated heterocycles. The van der Waals surface area contributed by atoms with Gasteiger partial charge < -0.3 is 9.90 Å². The summed E-state index contributed by atoms with van der Waals surface area (Å²) < 4.78 is 0. The molecular weight excluding hydrogens is 200 g/mol. The highest BCUT2D eigenvalue weighted by molar-refractivity contribution is 6.32. The smallest absolute Gasteiger partial charge is 0.148 e. The lowest BCUT2D eigenvalue weighted by atomic mass is 10.0. The topological polar surface area (TPSA) is 37.3 Å². The molecule has 0 heterocycles. The maximum Gasteiger partial charge on any atom is 0.148 e. The Balaban J connectivity index is 2.95. The number of carbonyl (C=O) groups excluding carboxylic acids is 1. The van der Waals surface area contributed by atoms with Gasteiger partial charge in [0.2, 0.25) is 0 Å². The van der Waals surface area contributed by atoms with Crippen LogP contribution in [0.25, 0.3) is 0 Å². The van der Waals surface area contributed by atoms with Gasteiger partial charge in [-0.25, -0.2) is 0 Å². The van der Waals surface area contributed by atoms with Gasteiger partial charge in [-0.05, 0) is 30.5 Å². The summed E-state index contributed by atoms with van der Waals surface area (Å²) in [5, 5.41) is 9.91. The van der Waals surface area contributed by atoms with Gasteiger partial charge in [-0.1, -0.05) is 23.7 Å². The van der Waals surface area contributed by atoms with Crippen LogP contribution in [-0.2, 0) is 11.2 Å². The Hall–Kier alpha value is -0.860. The molecule has 0 amide bonds. The first kappa shape index (κ1) is 11.2. The zero-order valence-corrected chi connectivity index (χ0v) is 9.01. The van der Waals surface area contributed by atoms with Crippen LogP contribution < -0.4 is 0 Å². The Morgan fingerprint density at radius 2 is 1.93 bits per heavy atom. The van der Waals surface area contributed by atoms with Gasteiger partial charge in [0.25, 0.3) is 0 Å². The average molecular weight is 213 g/mol. The molecule has 1 rings (SSSR count). The largest absolute Gasteiger partial charge is 0.385 e. The predicted molar refractivity (Wildman–Crippen MR) is 56.7 cm³/mol. The van der Waals surface area contributed by atoms with Crippen LogP contribution >= 0.6 is 11.6 Å². The summed E-state index contributed by atoms with van der Waals surface area (Å²) in [4.78, 5) is 10.3. The predicted octanol–water partition coefficient (Wildman–Crippen LogP) is 2.06. The molecule has 0 spiro atoms. The van der Waals surface area contributed by atoms with Crippen LogP contribution in [-0.4, -0.2) is 17.5 Å². The van der Waals surface area contributed by atoms with Crippen molar-refractivity contribution in [3.63, 3.8) is 0 Å². The number of hydrogen-bond donors (Lipinski definition) is 1. The van der Waals surface area contributed by atoms with E-state index < -0.39 is 6.10 Å². The van der Waals surface area contributed by atoms with Gasteiger partial charge in [-0.2, -0.15) is 0 Å². The van der Waals surface area contributed by atoms with Crippen molar-refractivity contribution in [3.8, 4) is 0 Å². The van der Waals surface area contributed by atoms with E-state index in [2.05, 4.69) is 0 Å². The third kappa shape index (κ3) is 2.56. The van der Waals surface area contributed by atoms with E-state index in [4.69, 9.17) is 16.7 Å². The summed E-state index contributed by atoms with van der Waals surface area (Å²) in [7, 11) is 0. The number of hydrogen-bond acceptors (Lipinski definition) is 2. The molecule has 0 aliphatic carbocycles. The Bertz CT molecular complexity index is 324. The van der Waals surface area contributed by atoms with Crippen LogP contribution in [0.5, 0.6) is 0 Å². The second-order valence-corrected chi connectivity index (χ2v) is 3.83.